The summed E-state index contributed by atoms with van der Waals surface area (Å²) in [7, 11) is 0. The molecule has 1 fully saturated rings. The molecule has 0 bridgehead atoms. The molecule has 1 aliphatic rings. The summed E-state index contributed by atoms with van der Waals surface area (Å²) in [5, 5.41) is 3.03. The van der Waals surface area contributed by atoms with Crippen molar-refractivity contribution >= 4 is 11.6 Å². The largest absolute Gasteiger partial charge is 0.372 e. The summed E-state index contributed by atoms with van der Waals surface area (Å²) < 4.78 is 0. The summed E-state index contributed by atoms with van der Waals surface area (Å²) >= 11 is 0. The molecule has 1 N–H and O–H groups in total. The van der Waals surface area contributed by atoms with Crippen LogP contribution in [0.15, 0.2) is 48.5 Å². The number of anilines is 1. The minimum absolute atomic E-state index is 0.0132. The number of hydrogen-bond acceptors (Lipinski definition) is 2. The van der Waals surface area contributed by atoms with Crippen LogP contribution in [0.1, 0.15) is 47.2 Å². The van der Waals surface area contributed by atoms with Crippen molar-refractivity contribution in [3.05, 3.63) is 65.2 Å². The van der Waals surface area contributed by atoms with Crippen LogP contribution in [0, 0.1) is 6.92 Å². The standard InChI is InChI=1S/C22H28N2O/c1-18-8-4-5-9-21(18)22(25)23-15-14-19-10-12-20(13-11-19)24-16-6-2-3-7-17-24/h4-5,8-13H,2-3,6-7,14-17H2,1H3,(H,23,25). The third kappa shape index (κ3) is 4.85. The highest BCUT2D eigenvalue weighted by Crippen LogP contribution is 2.20. The molecule has 1 aliphatic heterocycles. The number of rotatable bonds is 5. The van der Waals surface area contributed by atoms with Crippen LogP contribution in [-0.4, -0.2) is 25.5 Å². The molecule has 0 aromatic heterocycles. The lowest BCUT2D eigenvalue weighted by molar-refractivity contribution is 0.0953. The second kappa shape index (κ2) is 8.70. The molecule has 0 spiro atoms. The number of carbonyl (C=O) groups excluding carboxylic acids is 1. The van der Waals surface area contributed by atoms with E-state index in [4.69, 9.17) is 0 Å². The number of carbonyl (C=O) groups is 1. The predicted octanol–water partition coefficient (Wildman–Crippen LogP) is 4.35. The maximum Gasteiger partial charge on any atom is 0.251 e. The van der Waals surface area contributed by atoms with E-state index in [1.807, 2.05) is 31.2 Å². The van der Waals surface area contributed by atoms with Crippen molar-refractivity contribution < 1.29 is 4.79 Å². The highest BCUT2D eigenvalue weighted by Gasteiger charge is 2.10. The summed E-state index contributed by atoms with van der Waals surface area (Å²) in [6, 6.07) is 16.5. The van der Waals surface area contributed by atoms with Crippen molar-refractivity contribution in [2.75, 3.05) is 24.5 Å². The molecule has 0 aliphatic carbocycles. The summed E-state index contributed by atoms with van der Waals surface area (Å²) in [6.07, 6.45) is 6.17. The lowest BCUT2D eigenvalue weighted by atomic mass is 10.1. The van der Waals surface area contributed by atoms with Gasteiger partial charge in [-0.15, -0.1) is 0 Å². The van der Waals surface area contributed by atoms with Gasteiger partial charge in [-0.05, 0) is 55.5 Å². The number of hydrogen-bond donors (Lipinski definition) is 1. The Kier molecular flexibility index (Phi) is 6.10. The van der Waals surface area contributed by atoms with E-state index in [2.05, 4.69) is 34.5 Å². The lowest BCUT2D eigenvalue weighted by Gasteiger charge is -2.22. The third-order valence-corrected chi connectivity index (χ3v) is 5.00. The molecular weight excluding hydrogens is 308 g/mol. The minimum Gasteiger partial charge on any atom is -0.372 e. The Morgan fingerprint density at radius 2 is 1.64 bits per heavy atom. The average molecular weight is 336 g/mol. The molecule has 3 nitrogen and oxygen atoms in total. The van der Waals surface area contributed by atoms with Gasteiger partial charge < -0.3 is 10.2 Å². The first-order chi connectivity index (χ1) is 12.2. The van der Waals surface area contributed by atoms with Crippen LogP contribution >= 0.6 is 0 Å². The van der Waals surface area contributed by atoms with Crippen LogP contribution in [0.4, 0.5) is 5.69 Å². The molecule has 1 saturated heterocycles. The van der Waals surface area contributed by atoms with Crippen molar-refractivity contribution in [2.24, 2.45) is 0 Å². The van der Waals surface area contributed by atoms with Crippen molar-refractivity contribution in [2.45, 2.75) is 39.0 Å². The van der Waals surface area contributed by atoms with Gasteiger partial charge in [-0.25, -0.2) is 0 Å². The van der Waals surface area contributed by atoms with Crippen molar-refractivity contribution in [1.29, 1.82) is 0 Å². The van der Waals surface area contributed by atoms with Crippen LogP contribution in [0.2, 0.25) is 0 Å². The molecule has 3 rings (SSSR count). The van der Waals surface area contributed by atoms with Crippen LogP contribution in [-0.2, 0) is 6.42 Å². The Bertz CT molecular complexity index is 685. The monoisotopic (exact) mass is 336 g/mol. The van der Waals surface area contributed by atoms with Crippen LogP contribution in [0.25, 0.3) is 0 Å². The fraction of sp³-hybridized carbons (Fsp3) is 0.409. The molecule has 1 heterocycles. The topological polar surface area (TPSA) is 32.3 Å². The Morgan fingerprint density at radius 3 is 2.32 bits per heavy atom. The maximum absolute atomic E-state index is 12.2. The Labute approximate surface area is 151 Å². The normalized spacial score (nSPS) is 14.8. The fourth-order valence-electron chi connectivity index (χ4n) is 3.45. The molecule has 0 radical (unpaired) electrons. The summed E-state index contributed by atoms with van der Waals surface area (Å²) in [5.74, 6) is 0.0132. The van der Waals surface area contributed by atoms with E-state index in [1.165, 1.54) is 50.0 Å². The van der Waals surface area contributed by atoms with Crippen LogP contribution < -0.4 is 10.2 Å². The second-order valence-electron chi connectivity index (χ2n) is 6.89. The van der Waals surface area contributed by atoms with Gasteiger partial charge in [0.05, 0.1) is 0 Å². The first-order valence-electron chi connectivity index (χ1n) is 9.42. The Morgan fingerprint density at radius 1 is 0.960 bits per heavy atom. The number of nitrogens with one attached hydrogen (secondary N) is 1. The highest BCUT2D eigenvalue weighted by atomic mass is 16.1. The summed E-state index contributed by atoms with van der Waals surface area (Å²) in [6.45, 7) is 4.98. The molecule has 2 aromatic carbocycles. The Hall–Kier alpha value is -2.29. The number of benzene rings is 2. The van der Waals surface area contributed by atoms with Gasteiger partial charge in [0.15, 0.2) is 0 Å². The summed E-state index contributed by atoms with van der Waals surface area (Å²) in [5.41, 5.74) is 4.37. The lowest BCUT2D eigenvalue weighted by Crippen LogP contribution is -2.26. The fourth-order valence-corrected chi connectivity index (χ4v) is 3.45. The van der Waals surface area contributed by atoms with Crippen molar-refractivity contribution in [3.63, 3.8) is 0 Å². The predicted molar refractivity (Wildman–Crippen MR) is 104 cm³/mol. The average Bonchev–Trinajstić information content (AvgIpc) is 2.92. The molecular formula is C22H28N2O. The van der Waals surface area contributed by atoms with E-state index in [9.17, 15) is 4.79 Å². The molecule has 132 valence electrons. The zero-order valence-electron chi connectivity index (χ0n) is 15.1. The summed E-state index contributed by atoms with van der Waals surface area (Å²) in [4.78, 5) is 14.7. The zero-order chi connectivity index (χ0) is 17.5. The van der Waals surface area contributed by atoms with Gasteiger partial charge in [0.2, 0.25) is 0 Å². The molecule has 3 heteroatoms. The van der Waals surface area contributed by atoms with E-state index in [-0.39, 0.29) is 5.91 Å². The zero-order valence-corrected chi connectivity index (χ0v) is 15.1. The van der Waals surface area contributed by atoms with Gasteiger partial charge in [-0.2, -0.15) is 0 Å². The van der Waals surface area contributed by atoms with Crippen LogP contribution in [0.5, 0.6) is 0 Å². The third-order valence-electron chi connectivity index (χ3n) is 5.00. The SMILES string of the molecule is Cc1ccccc1C(=O)NCCc1ccc(N2CCCCCC2)cc1. The van der Waals surface area contributed by atoms with Gasteiger partial charge in [0, 0.05) is 30.9 Å². The molecule has 0 saturated carbocycles. The molecule has 0 unspecified atom stereocenters. The van der Waals surface area contributed by atoms with Crippen LogP contribution in [0.3, 0.4) is 0 Å². The van der Waals surface area contributed by atoms with Gasteiger partial charge in [0.25, 0.3) is 5.91 Å². The Balaban J connectivity index is 1.50. The van der Waals surface area contributed by atoms with Gasteiger partial charge >= 0.3 is 0 Å². The molecule has 0 atom stereocenters. The smallest absolute Gasteiger partial charge is 0.251 e. The van der Waals surface area contributed by atoms with E-state index >= 15 is 0 Å². The number of aryl methyl sites for hydroxylation is 1. The maximum atomic E-state index is 12.2. The molecule has 1 amide bonds. The van der Waals surface area contributed by atoms with E-state index < -0.39 is 0 Å². The first-order valence-corrected chi connectivity index (χ1v) is 9.42. The van der Waals surface area contributed by atoms with E-state index in [1.54, 1.807) is 0 Å². The molecule has 2 aromatic rings. The highest BCUT2D eigenvalue weighted by molar-refractivity contribution is 5.95. The number of amides is 1. The van der Waals surface area contributed by atoms with Gasteiger partial charge in [0.1, 0.15) is 0 Å². The van der Waals surface area contributed by atoms with Crippen molar-refractivity contribution in [3.8, 4) is 0 Å². The molecule has 25 heavy (non-hydrogen) atoms. The second-order valence-corrected chi connectivity index (χ2v) is 6.89. The van der Waals surface area contributed by atoms with Gasteiger partial charge in [-0.3, -0.25) is 4.79 Å². The first kappa shape index (κ1) is 17.5. The van der Waals surface area contributed by atoms with Gasteiger partial charge in [-0.1, -0.05) is 43.2 Å². The van der Waals surface area contributed by atoms with Crippen molar-refractivity contribution in [1.82, 2.24) is 5.32 Å². The minimum atomic E-state index is 0.0132. The van der Waals surface area contributed by atoms with E-state index in [0.29, 0.717) is 6.54 Å². The van der Waals surface area contributed by atoms with E-state index in [0.717, 1.165) is 17.5 Å². The quantitative estimate of drug-likeness (QED) is 0.880. The number of nitrogens with zero attached hydrogens (tertiary/aromatic N) is 1.